The van der Waals surface area contributed by atoms with Crippen molar-refractivity contribution >= 4 is 51.6 Å². The van der Waals surface area contributed by atoms with E-state index in [2.05, 4.69) is 20.8 Å². The second-order valence-electron chi connectivity index (χ2n) is 7.61. The molecular weight excluding hydrogens is 454 g/mol. The monoisotopic (exact) mass is 473 g/mol. The molecule has 2 aromatic carbocycles. The number of hydrogen-bond donors (Lipinski definition) is 3. The van der Waals surface area contributed by atoms with Crippen LogP contribution in [0, 0.1) is 10.1 Å². The maximum atomic E-state index is 12.6. The molecular formula is C20H19N5O5S2. The van der Waals surface area contributed by atoms with E-state index in [4.69, 9.17) is 5.11 Å². The molecule has 0 aliphatic carbocycles. The lowest BCUT2D eigenvalue weighted by molar-refractivity contribution is -0.387. The molecule has 0 aliphatic rings. The molecule has 0 aliphatic heterocycles. The van der Waals surface area contributed by atoms with Crippen LogP contribution in [-0.2, 0) is 5.41 Å². The summed E-state index contributed by atoms with van der Waals surface area (Å²) in [5.74, 6) is -0.523. The molecule has 0 fully saturated rings. The number of hydrogen-bond acceptors (Lipinski definition) is 8. The van der Waals surface area contributed by atoms with Crippen LogP contribution < -0.4 is 10.6 Å². The van der Waals surface area contributed by atoms with Crippen LogP contribution in [0.25, 0.3) is 0 Å². The number of carbonyl (C=O) groups is 2. The zero-order chi connectivity index (χ0) is 23.5. The number of aromatic nitrogens is 2. The molecule has 3 rings (SSSR count). The van der Waals surface area contributed by atoms with E-state index in [0.717, 1.165) is 16.8 Å². The highest BCUT2D eigenvalue weighted by Crippen LogP contribution is 2.36. The number of nitrogens with zero attached hydrogens (tertiary/aromatic N) is 3. The molecule has 166 valence electrons. The Hall–Kier alpha value is -3.51. The van der Waals surface area contributed by atoms with Gasteiger partial charge in [0.25, 0.3) is 11.6 Å². The Morgan fingerprint density at radius 1 is 1.09 bits per heavy atom. The summed E-state index contributed by atoms with van der Waals surface area (Å²) >= 11 is 2.38. The average Bonchev–Trinajstić information content (AvgIpc) is 3.18. The maximum Gasteiger partial charge on any atom is 0.409 e. The van der Waals surface area contributed by atoms with Gasteiger partial charge in [-0.15, -0.1) is 10.2 Å². The largest absolute Gasteiger partial charge is 0.465 e. The summed E-state index contributed by atoms with van der Waals surface area (Å²) < 4.78 is 0. The highest BCUT2D eigenvalue weighted by molar-refractivity contribution is 7.99. The van der Waals surface area contributed by atoms with E-state index in [1.807, 2.05) is 20.8 Å². The minimum Gasteiger partial charge on any atom is -0.465 e. The molecule has 0 saturated carbocycles. The molecule has 0 unspecified atom stereocenters. The minimum atomic E-state index is -1.18. The number of amides is 2. The predicted molar refractivity (Wildman–Crippen MR) is 122 cm³/mol. The van der Waals surface area contributed by atoms with Crippen molar-refractivity contribution in [3.05, 3.63) is 63.1 Å². The highest BCUT2D eigenvalue weighted by atomic mass is 32.2. The minimum absolute atomic E-state index is 0.120. The zero-order valence-electron chi connectivity index (χ0n) is 17.3. The Labute approximate surface area is 191 Å². The molecule has 0 spiro atoms. The smallest absolute Gasteiger partial charge is 0.409 e. The fourth-order valence-corrected chi connectivity index (χ4v) is 4.19. The van der Waals surface area contributed by atoms with E-state index in [0.29, 0.717) is 20.6 Å². The highest BCUT2D eigenvalue weighted by Gasteiger charge is 2.22. The first-order valence-electron chi connectivity index (χ1n) is 9.24. The van der Waals surface area contributed by atoms with Gasteiger partial charge in [-0.25, -0.2) is 4.79 Å². The SMILES string of the molecule is CC(C)(C)c1nnc(NC(=O)c2ccc(Sc3ccc(NC(=O)O)cc3)c([N+](=O)[O-])c2)s1. The van der Waals surface area contributed by atoms with Gasteiger partial charge in [0.05, 0.1) is 9.82 Å². The number of carboxylic acid groups (broad SMARTS) is 1. The molecule has 0 bridgehead atoms. The van der Waals surface area contributed by atoms with Crippen molar-refractivity contribution in [2.45, 2.75) is 36.0 Å². The zero-order valence-corrected chi connectivity index (χ0v) is 18.9. The summed E-state index contributed by atoms with van der Waals surface area (Å²) in [5.41, 5.74) is 0.0764. The molecule has 32 heavy (non-hydrogen) atoms. The fraction of sp³-hybridized carbons (Fsp3) is 0.200. The maximum absolute atomic E-state index is 12.6. The van der Waals surface area contributed by atoms with Gasteiger partial charge >= 0.3 is 6.09 Å². The van der Waals surface area contributed by atoms with Crippen LogP contribution >= 0.6 is 23.1 Å². The van der Waals surface area contributed by atoms with Gasteiger partial charge in [0, 0.05) is 27.6 Å². The molecule has 2 amide bonds. The predicted octanol–water partition coefficient (Wildman–Crippen LogP) is 5.24. The number of benzene rings is 2. The third-order valence-corrected chi connectivity index (χ3v) is 6.38. The van der Waals surface area contributed by atoms with Crippen LogP contribution in [0.2, 0.25) is 0 Å². The van der Waals surface area contributed by atoms with Crippen molar-refractivity contribution in [2.24, 2.45) is 0 Å². The normalized spacial score (nSPS) is 11.1. The van der Waals surface area contributed by atoms with E-state index in [1.165, 1.54) is 29.5 Å². The molecule has 0 atom stereocenters. The molecule has 3 aromatic rings. The number of rotatable bonds is 6. The Bertz CT molecular complexity index is 1170. The third-order valence-electron chi connectivity index (χ3n) is 4.04. The van der Waals surface area contributed by atoms with Crippen molar-refractivity contribution < 1.29 is 19.6 Å². The first-order chi connectivity index (χ1) is 15.0. The lowest BCUT2D eigenvalue weighted by Crippen LogP contribution is -2.12. The summed E-state index contributed by atoms with van der Waals surface area (Å²) in [5, 5.41) is 34.3. The van der Waals surface area contributed by atoms with Gasteiger partial charge in [-0.2, -0.15) is 0 Å². The standard InChI is InChI=1S/C20H19N5O5S2/c1-20(2,3)17-23-24-18(32-17)22-16(26)11-4-9-15(14(10-11)25(29)30)31-13-7-5-12(6-8-13)21-19(27)28/h4-10,21H,1-3H3,(H,27,28)(H,22,24,26). The van der Waals surface area contributed by atoms with E-state index in [1.54, 1.807) is 24.3 Å². The number of anilines is 2. The van der Waals surface area contributed by atoms with Crippen LogP contribution in [0.4, 0.5) is 21.3 Å². The molecule has 1 heterocycles. The molecule has 0 radical (unpaired) electrons. The summed E-state index contributed by atoms with van der Waals surface area (Å²) in [6.07, 6.45) is -1.18. The van der Waals surface area contributed by atoms with Gasteiger partial charge in [0.2, 0.25) is 5.13 Å². The van der Waals surface area contributed by atoms with Crippen LogP contribution in [0.3, 0.4) is 0 Å². The van der Waals surface area contributed by atoms with Crippen molar-refractivity contribution in [3.63, 3.8) is 0 Å². The van der Waals surface area contributed by atoms with Crippen molar-refractivity contribution in [3.8, 4) is 0 Å². The second kappa shape index (κ2) is 9.32. The van der Waals surface area contributed by atoms with E-state index in [-0.39, 0.29) is 16.7 Å². The Balaban J connectivity index is 1.78. The van der Waals surface area contributed by atoms with Gasteiger partial charge in [-0.1, -0.05) is 43.9 Å². The lowest BCUT2D eigenvalue weighted by Gasteiger charge is -2.12. The topological polar surface area (TPSA) is 147 Å². The van der Waals surface area contributed by atoms with Crippen molar-refractivity contribution in [1.82, 2.24) is 10.2 Å². The van der Waals surface area contributed by atoms with Crippen molar-refractivity contribution in [2.75, 3.05) is 10.6 Å². The number of nitro benzene ring substituents is 1. The van der Waals surface area contributed by atoms with Crippen LogP contribution in [0.1, 0.15) is 36.1 Å². The van der Waals surface area contributed by atoms with E-state index < -0.39 is 16.9 Å². The molecule has 10 nitrogen and oxygen atoms in total. The molecule has 1 aromatic heterocycles. The molecule has 12 heteroatoms. The average molecular weight is 474 g/mol. The second-order valence-corrected chi connectivity index (χ2v) is 9.71. The number of nitro groups is 1. The third kappa shape index (κ3) is 5.80. The Kier molecular flexibility index (Phi) is 6.75. The molecule has 3 N–H and O–H groups in total. The van der Waals surface area contributed by atoms with Gasteiger partial charge < -0.3 is 5.11 Å². The van der Waals surface area contributed by atoms with Gasteiger partial charge in [0.15, 0.2) is 0 Å². The first kappa shape index (κ1) is 23.2. The van der Waals surface area contributed by atoms with Crippen molar-refractivity contribution in [1.29, 1.82) is 0 Å². The summed E-state index contributed by atoms with van der Waals surface area (Å²) in [6, 6.07) is 10.6. The van der Waals surface area contributed by atoms with Crippen LogP contribution in [0.15, 0.2) is 52.3 Å². The summed E-state index contributed by atoms with van der Waals surface area (Å²) in [7, 11) is 0. The summed E-state index contributed by atoms with van der Waals surface area (Å²) in [6.45, 7) is 5.94. The first-order valence-corrected chi connectivity index (χ1v) is 10.9. The summed E-state index contributed by atoms with van der Waals surface area (Å²) in [4.78, 5) is 35.3. The molecule has 0 saturated heterocycles. The van der Waals surface area contributed by atoms with E-state index in [9.17, 15) is 19.7 Å². The number of carbonyl (C=O) groups excluding carboxylic acids is 1. The Morgan fingerprint density at radius 2 is 1.78 bits per heavy atom. The Morgan fingerprint density at radius 3 is 2.34 bits per heavy atom. The van der Waals surface area contributed by atoms with Gasteiger partial charge in [-0.05, 0) is 36.4 Å². The van der Waals surface area contributed by atoms with E-state index >= 15 is 0 Å². The van der Waals surface area contributed by atoms with Gasteiger partial charge in [0.1, 0.15) is 5.01 Å². The lowest BCUT2D eigenvalue weighted by atomic mass is 9.98. The van der Waals surface area contributed by atoms with Crippen LogP contribution in [-0.4, -0.2) is 32.2 Å². The van der Waals surface area contributed by atoms with Gasteiger partial charge in [-0.3, -0.25) is 25.5 Å². The fourth-order valence-electron chi connectivity index (χ4n) is 2.49. The van der Waals surface area contributed by atoms with Crippen LogP contribution in [0.5, 0.6) is 0 Å². The number of nitrogens with one attached hydrogen (secondary N) is 2. The quantitative estimate of drug-likeness (QED) is 0.325.